The fraction of sp³-hybridized carbons (Fsp3) is 0.125. The van der Waals surface area contributed by atoms with Crippen molar-refractivity contribution in [3.63, 3.8) is 0 Å². The van der Waals surface area contributed by atoms with Crippen LogP contribution < -0.4 is 10.8 Å². The topological polar surface area (TPSA) is 107 Å². The molecule has 0 spiro atoms. The first-order chi connectivity index (χ1) is 11.2. The Balaban J connectivity index is 1.59. The first-order valence-corrected chi connectivity index (χ1v) is 7.06. The summed E-state index contributed by atoms with van der Waals surface area (Å²) >= 11 is 0. The number of aromatic amines is 1. The number of carbonyl (C=O) groups excluding carboxylic acids is 2. The van der Waals surface area contributed by atoms with Gasteiger partial charge in [0, 0.05) is 23.6 Å². The third-order valence-electron chi connectivity index (χ3n) is 3.51. The van der Waals surface area contributed by atoms with E-state index >= 15 is 0 Å². The smallest absolute Gasteiger partial charge is 0.310 e. The fourth-order valence-corrected chi connectivity index (χ4v) is 2.37. The van der Waals surface area contributed by atoms with Gasteiger partial charge in [0.25, 0.3) is 5.91 Å². The number of benzene rings is 1. The summed E-state index contributed by atoms with van der Waals surface area (Å²) in [5.41, 5.74) is 3.61. The predicted octanol–water partition coefficient (Wildman–Crippen LogP) is 1.85. The number of rotatable bonds is 5. The molecule has 0 atom stereocenters. The van der Waals surface area contributed by atoms with Crippen molar-refractivity contribution in [1.29, 1.82) is 0 Å². The van der Waals surface area contributed by atoms with E-state index in [2.05, 4.69) is 10.3 Å². The molecule has 118 valence electrons. The van der Waals surface area contributed by atoms with Crippen LogP contribution in [0.1, 0.15) is 26.7 Å². The van der Waals surface area contributed by atoms with Gasteiger partial charge in [0.05, 0.1) is 0 Å². The Morgan fingerprint density at radius 2 is 1.83 bits per heavy atom. The highest BCUT2D eigenvalue weighted by Gasteiger charge is 2.15. The quantitative estimate of drug-likeness (QED) is 0.426. The lowest BCUT2D eigenvalue weighted by Crippen LogP contribution is -2.25. The minimum absolute atomic E-state index is 0.0162. The van der Waals surface area contributed by atoms with Gasteiger partial charge in [-0.25, -0.2) is 5.48 Å². The van der Waals surface area contributed by atoms with Gasteiger partial charge in [-0.15, -0.1) is 0 Å². The van der Waals surface area contributed by atoms with Crippen LogP contribution in [0.25, 0.3) is 10.9 Å². The van der Waals surface area contributed by atoms with Gasteiger partial charge >= 0.3 is 5.91 Å². The maximum absolute atomic E-state index is 12.0. The predicted molar refractivity (Wildman–Crippen MR) is 82.3 cm³/mol. The van der Waals surface area contributed by atoms with Crippen molar-refractivity contribution in [1.82, 2.24) is 15.8 Å². The second kappa shape index (κ2) is 6.37. The van der Waals surface area contributed by atoms with Crippen LogP contribution in [0.15, 0.2) is 47.0 Å². The SMILES string of the molecule is O=C(NO)c1ccc(C(=O)NCCc2c[nH]c3ccccc23)o1. The van der Waals surface area contributed by atoms with E-state index in [1.807, 2.05) is 30.5 Å². The lowest BCUT2D eigenvalue weighted by molar-refractivity contribution is 0.0673. The zero-order valence-electron chi connectivity index (χ0n) is 12.1. The normalized spacial score (nSPS) is 10.7. The average molecular weight is 313 g/mol. The van der Waals surface area contributed by atoms with Crippen LogP contribution in [0.5, 0.6) is 0 Å². The standard InChI is InChI=1S/C16H15N3O4/c20-15(13-5-6-14(23-13)16(21)19-22)17-8-7-10-9-18-12-4-2-1-3-11(10)12/h1-6,9,18,22H,7-8H2,(H,17,20)(H,19,21). The number of nitrogens with one attached hydrogen (secondary N) is 3. The molecule has 0 bridgehead atoms. The van der Waals surface area contributed by atoms with E-state index in [1.165, 1.54) is 17.6 Å². The van der Waals surface area contributed by atoms with Gasteiger partial charge in [-0.3, -0.25) is 14.8 Å². The number of aromatic nitrogens is 1. The minimum atomic E-state index is -0.803. The molecular formula is C16H15N3O4. The first kappa shape index (κ1) is 14.9. The fourth-order valence-electron chi connectivity index (χ4n) is 2.37. The van der Waals surface area contributed by atoms with Crippen LogP contribution in [-0.4, -0.2) is 28.6 Å². The Labute approximate surface area is 131 Å². The van der Waals surface area contributed by atoms with Gasteiger partial charge in [-0.1, -0.05) is 18.2 Å². The molecule has 0 radical (unpaired) electrons. The summed E-state index contributed by atoms with van der Waals surface area (Å²) in [6.07, 6.45) is 2.59. The van der Waals surface area contributed by atoms with E-state index in [0.29, 0.717) is 13.0 Å². The molecular weight excluding hydrogens is 298 g/mol. The number of amides is 2. The molecule has 0 aliphatic carbocycles. The van der Waals surface area contributed by atoms with E-state index in [0.717, 1.165) is 16.5 Å². The lowest BCUT2D eigenvalue weighted by atomic mass is 10.1. The van der Waals surface area contributed by atoms with E-state index in [4.69, 9.17) is 9.62 Å². The van der Waals surface area contributed by atoms with E-state index in [-0.39, 0.29) is 11.5 Å². The lowest BCUT2D eigenvalue weighted by Gasteiger charge is -2.02. The number of hydrogen-bond acceptors (Lipinski definition) is 4. The largest absolute Gasteiger partial charge is 0.446 e. The van der Waals surface area contributed by atoms with Gasteiger partial charge in [-0.05, 0) is 30.2 Å². The van der Waals surface area contributed by atoms with Gasteiger partial charge in [0.15, 0.2) is 11.5 Å². The number of furan rings is 1. The molecule has 0 aliphatic heterocycles. The van der Waals surface area contributed by atoms with Crippen molar-refractivity contribution in [2.24, 2.45) is 0 Å². The van der Waals surface area contributed by atoms with Crippen molar-refractivity contribution in [2.45, 2.75) is 6.42 Å². The average Bonchev–Trinajstić information content (AvgIpc) is 3.21. The molecule has 3 rings (SSSR count). The Morgan fingerprint density at radius 3 is 2.61 bits per heavy atom. The van der Waals surface area contributed by atoms with Gasteiger partial charge < -0.3 is 14.7 Å². The molecule has 1 aromatic carbocycles. The molecule has 2 aromatic heterocycles. The van der Waals surface area contributed by atoms with Gasteiger partial charge in [0.2, 0.25) is 0 Å². The minimum Gasteiger partial charge on any atom is -0.446 e. The van der Waals surface area contributed by atoms with Crippen LogP contribution in [0.2, 0.25) is 0 Å². The molecule has 0 aliphatic rings. The van der Waals surface area contributed by atoms with Crippen molar-refractivity contribution < 1.29 is 19.2 Å². The first-order valence-electron chi connectivity index (χ1n) is 7.06. The molecule has 23 heavy (non-hydrogen) atoms. The number of para-hydroxylation sites is 1. The second-order valence-electron chi connectivity index (χ2n) is 4.97. The molecule has 2 heterocycles. The zero-order chi connectivity index (χ0) is 16.2. The van der Waals surface area contributed by atoms with Gasteiger partial charge in [-0.2, -0.15) is 0 Å². The third-order valence-corrected chi connectivity index (χ3v) is 3.51. The zero-order valence-corrected chi connectivity index (χ0v) is 12.1. The van der Waals surface area contributed by atoms with Crippen molar-refractivity contribution in [2.75, 3.05) is 6.54 Å². The van der Waals surface area contributed by atoms with Crippen LogP contribution in [0.3, 0.4) is 0 Å². The summed E-state index contributed by atoms with van der Waals surface area (Å²) in [4.78, 5) is 26.3. The summed E-state index contributed by atoms with van der Waals surface area (Å²) in [5.74, 6) is -1.33. The molecule has 3 aromatic rings. The number of hydroxylamine groups is 1. The number of fused-ring (bicyclic) bond motifs is 1. The molecule has 2 amide bonds. The molecule has 0 unspecified atom stereocenters. The van der Waals surface area contributed by atoms with Crippen molar-refractivity contribution in [3.8, 4) is 0 Å². The summed E-state index contributed by atoms with van der Waals surface area (Å²) in [7, 11) is 0. The van der Waals surface area contributed by atoms with E-state index in [9.17, 15) is 9.59 Å². The van der Waals surface area contributed by atoms with Crippen molar-refractivity contribution in [3.05, 3.63) is 59.7 Å². The van der Waals surface area contributed by atoms with Crippen LogP contribution in [0.4, 0.5) is 0 Å². The Morgan fingerprint density at radius 1 is 1.09 bits per heavy atom. The summed E-state index contributed by atoms with van der Waals surface area (Å²) in [6, 6.07) is 10.6. The van der Waals surface area contributed by atoms with E-state index in [1.54, 1.807) is 0 Å². The van der Waals surface area contributed by atoms with Crippen LogP contribution in [-0.2, 0) is 6.42 Å². The maximum atomic E-state index is 12.0. The Bertz CT molecular complexity index is 850. The van der Waals surface area contributed by atoms with E-state index < -0.39 is 11.8 Å². The molecule has 0 fully saturated rings. The van der Waals surface area contributed by atoms with Crippen molar-refractivity contribution >= 4 is 22.7 Å². The monoisotopic (exact) mass is 313 g/mol. The molecule has 0 saturated heterocycles. The molecule has 0 saturated carbocycles. The highest BCUT2D eigenvalue weighted by Crippen LogP contribution is 2.17. The van der Waals surface area contributed by atoms with Crippen LogP contribution >= 0.6 is 0 Å². The number of hydrogen-bond donors (Lipinski definition) is 4. The molecule has 7 heteroatoms. The summed E-state index contributed by atoms with van der Waals surface area (Å²) in [6.45, 7) is 0.433. The van der Waals surface area contributed by atoms with Gasteiger partial charge in [0.1, 0.15) is 0 Å². The third kappa shape index (κ3) is 3.09. The highest BCUT2D eigenvalue weighted by atomic mass is 16.5. The molecule has 4 N–H and O–H groups in total. The number of H-pyrrole nitrogens is 1. The summed E-state index contributed by atoms with van der Waals surface area (Å²) < 4.78 is 5.07. The summed E-state index contributed by atoms with van der Waals surface area (Å²) in [5, 5.41) is 12.4. The van der Waals surface area contributed by atoms with Crippen LogP contribution in [0, 0.1) is 0 Å². The second-order valence-corrected chi connectivity index (χ2v) is 4.97. The Hall–Kier alpha value is -3.06. The molecule has 7 nitrogen and oxygen atoms in total. The highest BCUT2D eigenvalue weighted by molar-refractivity contribution is 5.95. The maximum Gasteiger partial charge on any atom is 0.310 e. The Kier molecular flexibility index (Phi) is 4.11. The number of carbonyl (C=O) groups is 2.